The number of nitrogens with zero attached hydrogens (tertiary/aromatic N) is 2. The second-order valence-electron chi connectivity index (χ2n) is 6.63. The number of halogens is 1. The van der Waals surface area contributed by atoms with Crippen LogP contribution in [-0.4, -0.2) is 34.6 Å². The Hall–Kier alpha value is -1.89. The summed E-state index contributed by atoms with van der Waals surface area (Å²) < 4.78 is 0.951. The van der Waals surface area contributed by atoms with Gasteiger partial charge in [-0.15, -0.1) is 0 Å². The van der Waals surface area contributed by atoms with E-state index in [2.05, 4.69) is 31.4 Å². The number of fused-ring (bicyclic) bond motifs is 1. The lowest BCUT2D eigenvalue weighted by atomic mass is 10.1. The summed E-state index contributed by atoms with van der Waals surface area (Å²) in [6, 6.07) is 6.06. The maximum Gasteiger partial charge on any atom is 0.229 e. The molecule has 1 saturated carbocycles. The molecule has 1 aliphatic carbocycles. The molecule has 2 fully saturated rings. The lowest BCUT2D eigenvalue weighted by Gasteiger charge is -2.16. The Morgan fingerprint density at radius 2 is 2.12 bits per heavy atom. The normalized spacial score (nSPS) is 21.8. The van der Waals surface area contributed by atoms with Crippen LogP contribution in [0.25, 0.3) is 10.9 Å². The summed E-state index contributed by atoms with van der Waals surface area (Å²) in [4.78, 5) is 26.5. The van der Waals surface area contributed by atoms with E-state index in [-0.39, 0.29) is 30.2 Å². The van der Waals surface area contributed by atoms with E-state index >= 15 is 0 Å². The maximum absolute atomic E-state index is 12.4. The largest absolute Gasteiger partial charge is 0.353 e. The predicted molar refractivity (Wildman–Crippen MR) is 94.7 cm³/mol. The molecule has 7 heteroatoms. The van der Waals surface area contributed by atoms with Crippen LogP contribution in [0, 0.1) is 5.92 Å². The van der Waals surface area contributed by atoms with E-state index in [0.29, 0.717) is 12.4 Å². The van der Waals surface area contributed by atoms with Crippen molar-refractivity contribution in [2.45, 2.75) is 38.1 Å². The highest BCUT2D eigenvalue weighted by atomic mass is 79.9. The van der Waals surface area contributed by atoms with Crippen LogP contribution in [0.5, 0.6) is 0 Å². The molecule has 1 aromatic carbocycles. The van der Waals surface area contributed by atoms with Crippen LogP contribution >= 0.6 is 15.9 Å². The van der Waals surface area contributed by atoms with Gasteiger partial charge in [0.05, 0.1) is 11.4 Å². The van der Waals surface area contributed by atoms with Gasteiger partial charge in [-0.3, -0.25) is 19.6 Å². The van der Waals surface area contributed by atoms with E-state index in [0.717, 1.165) is 28.2 Å². The Morgan fingerprint density at radius 3 is 2.92 bits per heavy atom. The SMILES string of the molecule is O=C(NC1CCCC1)[C@@H]1CC(=O)N(c2n[nH]c3cc(Br)ccc23)C1. The minimum Gasteiger partial charge on any atom is -0.353 e. The van der Waals surface area contributed by atoms with E-state index in [1.807, 2.05) is 18.2 Å². The van der Waals surface area contributed by atoms with Crippen molar-refractivity contribution in [2.24, 2.45) is 5.92 Å². The Labute approximate surface area is 148 Å². The second-order valence-corrected chi connectivity index (χ2v) is 7.55. The number of rotatable bonds is 3. The van der Waals surface area contributed by atoms with E-state index in [1.165, 1.54) is 12.8 Å². The standard InChI is InChI=1S/C17H19BrN4O2/c18-11-5-6-13-14(8-11)20-21-16(13)22-9-10(7-15(22)23)17(24)19-12-3-1-2-4-12/h5-6,8,10,12H,1-4,7,9H2,(H,19,24)(H,20,21)/t10-/m1/s1. The highest BCUT2D eigenvalue weighted by Gasteiger charge is 2.37. The molecule has 2 N–H and O–H groups in total. The molecule has 126 valence electrons. The number of aromatic nitrogens is 2. The first-order chi connectivity index (χ1) is 11.6. The molecule has 24 heavy (non-hydrogen) atoms. The minimum atomic E-state index is -0.291. The molecular weight excluding hydrogens is 372 g/mol. The summed E-state index contributed by atoms with van der Waals surface area (Å²) in [6.45, 7) is 0.396. The Balaban J connectivity index is 1.51. The molecule has 4 rings (SSSR count). The number of hydrogen-bond donors (Lipinski definition) is 2. The summed E-state index contributed by atoms with van der Waals surface area (Å²) in [5.41, 5.74) is 0.867. The first-order valence-electron chi connectivity index (χ1n) is 8.36. The lowest BCUT2D eigenvalue weighted by molar-refractivity contribution is -0.126. The molecule has 2 heterocycles. The fourth-order valence-corrected chi connectivity index (χ4v) is 4.02. The van der Waals surface area contributed by atoms with Crippen molar-refractivity contribution in [3.05, 3.63) is 22.7 Å². The molecular formula is C17H19BrN4O2. The molecule has 1 atom stereocenters. The van der Waals surface area contributed by atoms with Gasteiger partial charge in [-0.2, -0.15) is 5.10 Å². The highest BCUT2D eigenvalue weighted by Crippen LogP contribution is 2.31. The Kier molecular flexibility index (Phi) is 4.04. The van der Waals surface area contributed by atoms with Gasteiger partial charge in [0, 0.05) is 28.9 Å². The monoisotopic (exact) mass is 390 g/mol. The van der Waals surface area contributed by atoms with Gasteiger partial charge in [-0.1, -0.05) is 28.8 Å². The van der Waals surface area contributed by atoms with Gasteiger partial charge in [-0.25, -0.2) is 0 Å². The van der Waals surface area contributed by atoms with Gasteiger partial charge in [0.15, 0.2) is 5.82 Å². The van der Waals surface area contributed by atoms with Crippen molar-refractivity contribution in [3.63, 3.8) is 0 Å². The topological polar surface area (TPSA) is 78.1 Å². The number of carbonyl (C=O) groups excluding carboxylic acids is 2. The molecule has 0 unspecified atom stereocenters. The zero-order chi connectivity index (χ0) is 16.7. The van der Waals surface area contributed by atoms with Gasteiger partial charge in [0.1, 0.15) is 0 Å². The highest BCUT2D eigenvalue weighted by molar-refractivity contribution is 9.10. The molecule has 0 radical (unpaired) electrons. The van der Waals surface area contributed by atoms with Crippen LogP contribution < -0.4 is 10.2 Å². The zero-order valence-corrected chi connectivity index (χ0v) is 14.8. The number of nitrogens with one attached hydrogen (secondary N) is 2. The number of H-pyrrole nitrogens is 1. The lowest BCUT2D eigenvalue weighted by Crippen LogP contribution is -2.38. The van der Waals surface area contributed by atoms with Crippen LogP contribution in [0.15, 0.2) is 22.7 Å². The Bertz CT molecular complexity index is 797. The average molecular weight is 391 g/mol. The van der Waals surface area contributed by atoms with Gasteiger partial charge in [0.2, 0.25) is 11.8 Å². The van der Waals surface area contributed by atoms with Crippen LogP contribution in [0.2, 0.25) is 0 Å². The quantitative estimate of drug-likeness (QED) is 0.845. The van der Waals surface area contributed by atoms with Crippen LogP contribution in [0.4, 0.5) is 5.82 Å². The molecule has 1 aliphatic heterocycles. The van der Waals surface area contributed by atoms with Crippen molar-refractivity contribution >= 4 is 44.5 Å². The number of anilines is 1. The number of carbonyl (C=O) groups is 2. The fourth-order valence-electron chi connectivity index (χ4n) is 3.66. The van der Waals surface area contributed by atoms with Crippen molar-refractivity contribution in [2.75, 3.05) is 11.4 Å². The third-order valence-corrected chi connectivity index (χ3v) is 5.45. The third-order valence-electron chi connectivity index (χ3n) is 4.96. The predicted octanol–water partition coefficient (Wildman–Crippen LogP) is 2.74. The second kappa shape index (κ2) is 6.20. The van der Waals surface area contributed by atoms with Crippen molar-refractivity contribution in [1.82, 2.24) is 15.5 Å². The molecule has 6 nitrogen and oxygen atoms in total. The molecule has 0 spiro atoms. The van der Waals surface area contributed by atoms with E-state index in [9.17, 15) is 9.59 Å². The van der Waals surface area contributed by atoms with Crippen molar-refractivity contribution < 1.29 is 9.59 Å². The summed E-state index contributed by atoms with van der Waals surface area (Å²) in [7, 11) is 0. The zero-order valence-electron chi connectivity index (χ0n) is 13.2. The number of benzene rings is 1. The minimum absolute atomic E-state index is 0.000311. The maximum atomic E-state index is 12.4. The molecule has 0 bridgehead atoms. The molecule has 1 aromatic heterocycles. The van der Waals surface area contributed by atoms with Crippen LogP contribution in [-0.2, 0) is 9.59 Å². The van der Waals surface area contributed by atoms with E-state index in [4.69, 9.17) is 0 Å². The number of aromatic amines is 1. The van der Waals surface area contributed by atoms with Gasteiger partial charge >= 0.3 is 0 Å². The molecule has 2 aliphatic rings. The molecule has 2 aromatic rings. The number of hydrogen-bond acceptors (Lipinski definition) is 3. The van der Waals surface area contributed by atoms with Gasteiger partial charge in [-0.05, 0) is 31.0 Å². The smallest absolute Gasteiger partial charge is 0.229 e. The third kappa shape index (κ3) is 2.81. The van der Waals surface area contributed by atoms with Gasteiger partial charge in [0.25, 0.3) is 0 Å². The van der Waals surface area contributed by atoms with Crippen molar-refractivity contribution in [3.8, 4) is 0 Å². The summed E-state index contributed by atoms with van der Waals surface area (Å²) >= 11 is 3.43. The van der Waals surface area contributed by atoms with E-state index < -0.39 is 0 Å². The first kappa shape index (κ1) is 15.6. The fraction of sp³-hybridized carbons (Fsp3) is 0.471. The van der Waals surface area contributed by atoms with Crippen LogP contribution in [0.3, 0.4) is 0 Å². The summed E-state index contributed by atoms with van der Waals surface area (Å²) in [6.07, 6.45) is 4.71. The Morgan fingerprint density at radius 1 is 1.33 bits per heavy atom. The van der Waals surface area contributed by atoms with Crippen molar-refractivity contribution in [1.29, 1.82) is 0 Å². The average Bonchev–Trinajstić information content (AvgIpc) is 3.26. The number of amides is 2. The first-order valence-corrected chi connectivity index (χ1v) is 9.15. The van der Waals surface area contributed by atoms with Crippen LogP contribution in [0.1, 0.15) is 32.1 Å². The summed E-state index contributed by atoms with van der Waals surface area (Å²) in [5.74, 6) is 0.275. The van der Waals surface area contributed by atoms with Gasteiger partial charge < -0.3 is 5.32 Å². The molecule has 2 amide bonds. The summed E-state index contributed by atoms with van der Waals surface area (Å²) in [5, 5.41) is 11.2. The van der Waals surface area contributed by atoms with E-state index in [1.54, 1.807) is 4.90 Å². The molecule has 1 saturated heterocycles.